The number of benzene rings is 2. The van der Waals surface area contributed by atoms with Crippen LogP contribution in [0.5, 0.6) is 5.75 Å². The first-order valence-corrected chi connectivity index (χ1v) is 11.0. The lowest BCUT2D eigenvalue weighted by Gasteiger charge is -2.32. The maximum Gasteiger partial charge on any atom is 0.271 e. The van der Waals surface area contributed by atoms with Crippen molar-refractivity contribution in [3.8, 4) is 11.4 Å². The predicted octanol–water partition coefficient (Wildman–Crippen LogP) is 3.02. The van der Waals surface area contributed by atoms with Crippen LogP contribution in [0, 0.1) is 11.7 Å². The number of aromatic nitrogens is 2. The van der Waals surface area contributed by atoms with Crippen molar-refractivity contribution in [1.82, 2.24) is 20.0 Å². The number of piperidine rings is 1. The van der Waals surface area contributed by atoms with Gasteiger partial charge in [-0.15, -0.1) is 0 Å². The monoisotopic (exact) mass is 450 g/mol. The van der Waals surface area contributed by atoms with Gasteiger partial charge >= 0.3 is 0 Å². The van der Waals surface area contributed by atoms with E-state index in [0.29, 0.717) is 18.2 Å². The number of amides is 1. The standard InChI is InChI=1S/C25H27FN4O3/c1-33-22-8-2-19(3-9-22)17-29-14-12-18(13-15-29)16-27-25(32)23-10-11-24(31)30(28-23)21-6-4-20(26)5-7-21/h2-11,18H,12-17H2,1H3,(H,27,32). The van der Waals surface area contributed by atoms with Crippen LogP contribution >= 0.6 is 0 Å². The van der Waals surface area contributed by atoms with Crippen LogP contribution in [0.15, 0.2) is 65.5 Å². The molecule has 1 amide bonds. The van der Waals surface area contributed by atoms with Gasteiger partial charge in [-0.3, -0.25) is 14.5 Å². The zero-order chi connectivity index (χ0) is 23.2. The molecule has 0 atom stereocenters. The van der Waals surface area contributed by atoms with Gasteiger partial charge in [-0.25, -0.2) is 4.39 Å². The molecule has 0 radical (unpaired) electrons. The average Bonchev–Trinajstić information content (AvgIpc) is 2.85. The molecule has 1 aromatic heterocycles. The smallest absolute Gasteiger partial charge is 0.271 e. The Morgan fingerprint density at radius 2 is 1.76 bits per heavy atom. The number of carbonyl (C=O) groups is 1. The molecule has 1 aliphatic heterocycles. The summed E-state index contributed by atoms with van der Waals surface area (Å²) >= 11 is 0. The van der Waals surface area contributed by atoms with Crippen molar-refractivity contribution in [2.75, 3.05) is 26.7 Å². The molecule has 7 nitrogen and oxygen atoms in total. The lowest BCUT2D eigenvalue weighted by molar-refractivity contribution is 0.0928. The molecule has 0 unspecified atom stereocenters. The molecule has 2 aromatic carbocycles. The summed E-state index contributed by atoms with van der Waals surface area (Å²) in [5.41, 5.74) is 1.42. The minimum Gasteiger partial charge on any atom is -0.497 e. The number of likely N-dealkylation sites (tertiary alicyclic amines) is 1. The second kappa shape index (κ2) is 10.4. The summed E-state index contributed by atoms with van der Waals surface area (Å²) in [5.74, 6) is 0.516. The van der Waals surface area contributed by atoms with Crippen LogP contribution in [0.3, 0.4) is 0 Å². The zero-order valence-corrected chi connectivity index (χ0v) is 18.5. The summed E-state index contributed by atoms with van der Waals surface area (Å²) in [6, 6.07) is 16.2. The number of hydrogen-bond acceptors (Lipinski definition) is 5. The molecule has 1 N–H and O–H groups in total. The molecule has 1 aliphatic rings. The Hall–Kier alpha value is -3.52. The molecule has 1 fully saturated rings. The fourth-order valence-electron chi connectivity index (χ4n) is 3.96. The Bertz CT molecular complexity index is 1140. The van der Waals surface area contributed by atoms with E-state index in [0.717, 1.165) is 42.9 Å². The Labute approximate surface area is 191 Å². The Morgan fingerprint density at radius 1 is 1.06 bits per heavy atom. The highest BCUT2D eigenvalue weighted by molar-refractivity contribution is 5.92. The largest absolute Gasteiger partial charge is 0.497 e. The second-order valence-electron chi connectivity index (χ2n) is 8.22. The van der Waals surface area contributed by atoms with Crippen molar-refractivity contribution >= 4 is 5.91 Å². The van der Waals surface area contributed by atoms with Crippen LogP contribution in [-0.4, -0.2) is 47.3 Å². The van der Waals surface area contributed by atoms with Gasteiger partial charge in [0.25, 0.3) is 11.5 Å². The quantitative estimate of drug-likeness (QED) is 0.599. The predicted molar refractivity (Wildman–Crippen MR) is 123 cm³/mol. The summed E-state index contributed by atoms with van der Waals surface area (Å²) in [7, 11) is 1.66. The van der Waals surface area contributed by atoms with Crippen molar-refractivity contribution in [1.29, 1.82) is 0 Å². The van der Waals surface area contributed by atoms with Gasteiger partial charge < -0.3 is 10.1 Å². The molecular weight excluding hydrogens is 423 g/mol. The van der Waals surface area contributed by atoms with Crippen molar-refractivity contribution < 1.29 is 13.9 Å². The van der Waals surface area contributed by atoms with Crippen LogP contribution in [0.2, 0.25) is 0 Å². The van der Waals surface area contributed by atoms with Gasteiger partial charge in [0, 0.05) is 19.2 Å². The molecule has 3 aromatic rings. The molecule has 33 heavy (non-hydrogen) atoms. The molecule has 172 valence electrons. The van der Waals surface area contributed by atoms with E-state index in [9.17, 15) is 14.0 Å². The summed E-state index contributed by atoms with van der Waals surface area (Å²) in [6.07, 6.45) is 2.00. The lowest BCUT2D eigenvalue weighted by atomic mass is 9.96. The van der Waals surface area contributed by atoms with E-state index in [1.165, 1.54) is 42.0 Å². The zero-order valence-electron chi connectivity index (χ0n) is 18.5. The van der Waals surface area contributed by atoms with Gasteiger partial charge in [-0.05, 0) is 79.9 Å². The SMILES string of the molecule is COc1ccc(CN2CCC(CNC(=O)c3ccc(=O)n(-c4ccc(F)cc4)n3)CC2)cc1. The van der Waals surface area contributed by atoms with E-state index in [1.807, 2.05) is 12.1 Å². The third kappa shape index (κ3) is 5.84. The minimum absolute atomic E-state index is 0.149. The summed E-state index contributed by atoms with van der Waals surface area (Å²) in [5, 5.41) is 7.10. The number of ether oxygens (including phenoxy) is 1. The maximum absolute atomic E-state index is 13.2. The number of rotatable bonds is 7. The van der Waals surface area contributed by atoms with E-state index < -0.39 is 5.82 Å². The van der Waals surface area contributed by atoms with Gasteiger partial charge in [0.15, 0.2) is 0 Å². The number of methoxy groups -OCH3 is 1. The second-order valence-corrected chi connectivity index (χ2v) is 8.22. The third-order valence-electron chi connectivity index (χ3n) is 5.93. The Kier molecular flexibility index (Phi) is 7.14. The van der Waals surface area contributed by atoms with Gasteiger partial charge in [0.2, 0.25) is 0 Å². The lowest BCUT2D eigenvalue weighted by Crippen LogP contribution is -2.38. The van der Waals surface area contributed by atoms with Crippen LogP contribution in [0.1, 0.15) is 28.9 Å². The van der Waals surface area contributed by atoms with Gasteiger partial charge in [0.1, 0.15) is 17.3 Å². The van der Waals surface area contributed by atoms with E-state index >= 15 is 0 Å². The minimum atomic E-state index is -0.407. The Morgan fingerprint density at radius 3 is 2.42 bits per heavy atom. The number of hydrogen-bond donors (Lipinski definition) is 1. The molecule has 0 saturated carbocycles. The van der Waals surface area contributed by atoms with Crippen molar-refractivity contribution in [3.05, 3.63) is 88.1 Å². The van der Waals surface area contributed by atoms with Crippen LogP contribution in [0.4, 0.5) is 4.39 Å². The van der Waals surface area contributed by atoms with Crippen LogP contribution in [-0.2, 0) is 6.54 Å². The van der Waals surface area contributed by atoms with Crippen LogP contribution < -0.4 is 15.6 Å². The van der Waals surface area contributed by atoms with Gasteiger partial charge in [-0.1, -0.05) is 12.1 Å². The summed E-state index contributed by atoms with van der Waals surface area (Å²) in [4.78, 5) is 27.2. The van der Waals surface area contributed by atoms with E-state index in [-0.39, 0.29) is 17.2 Å². The molecule has 0 aliphatic carbocycles. The van der Waals surface area contributed by atoms with Crippen molar-refractivity contribution in [2.24, 2.45) is 5.92 Å². The average molecular weight is 451 g/mol. The van der Waals surface area contributed by atoms with Gasteiger partial charge in [-0.2, -0.15) is 9.78 Å². The fourth-order valence-corrected chi connectivity index (χ4v) is 3.96. The molecule has 0 spiro atoms. The highest BCUT2D eigenvalue weighted by atomic mass is 19.1. The van der Waals surface area contributed by atoms with E-state index in [2.05, 4.69) is 27.4 Å². The topological polar surface area (TPSA) is 76.5 Å². The van der Waals surface area contributed by atoms with Crippen molar-refractivity contribution in [2.45, 2.75) is 19.4 Å². The molecular formula is C25H27FN4O3. The van der Waals surface area contributed by atoms with E-state index in [1.54, 1.807) is 7.11 Å². The highest BCUT2D eigenvalue weighted by Gasteiger charge is 2.20. The molecule has 4 rings (SSSR count). The number of carbonyl (C=O) groups excluding carboxylic acids is 1. The highest BCUT2D eigenvalue weighted by Crippen LogP contribution is 2.20. The Balaban J connectivity index is 1.28. The molecule has 2 heterocycles. The normalized spacial score (nSPS) is 14.7. The molecule has 8 heteroatoms. The first kappa shape index (κ1) is 22.7. The van der Waals surface area contributed by atoms with Gasteiger partial charge in [0.05, 0.1) is 12.8 Å². The molecule has 0 bridgehead atoms. The maximum atomic E-state index is 13.2. The van der Waals surface area contributed by atoms with Crippen molar-refractivity contribution in [3.63, 3.8) is 0 Å². The fraction of sp³-hybridized carbons (Fsp3) is 0.320. The summed E-state index contributed by atoms with van der Waals surface area (Å²) < 4.78 is 19.5. The third-order valence-corrected chi connectivity index (χ3v) is 5.93. The summed E-state index contributed by atoms with van der Waals surface area (Å²) in [6.45, 7) is 3.41. The first-order chi connectivity index (χ1) is 16.0. The van der Waals surface area contributed by atoms with Crippen LogP contribution in [0.25, 0.3) is 5.69 Å². The number of nitrogens with zero attached hydrogens (tertiary/aromatic N) is 3. The number of nitrogens with one attached hydrogen (secondary N) is 1. The first-order valence-electron chi connectivity index (χ1n) is 11.0. The number of halogens is 1. The molecule has 1 saturated heterocycles. The van der Waals surface area contributed by atoms with E-state index in [4.69, 9.17) is 4.74 Å².